The molecule has 3 aromatic rings. The molecule has 182 valence electrons. The lowest BCUT2D eigenvalue weighted by Crippen LogP contribution is -2.06. The molecule has 1 aliphatic heterocycles. The number of non-ortho nitro benzene ring substituents is 2. The number of rotatable bonds is 7. The van der Waals surface area contributed by atoms with E-state index in [2.05, 4.69) is 36.9 Å². The van der Waals surface area contributed by atoms with E-state index in [1.165, 1.54) is 36.4 Å². The Balaban J connectivity index is 1.55. The molecule has 4 rings (SSSR count). The molecular weight excluding hydrogens is 626 g/mol. The van der Waals surface area contributed by atoms with Crippen molar-refractivity contribution in [2.75, 3.05) is 0 Å². The molecule has 13 heteroatoms. The number of carbonyl (C=O) groups is 1. The van der Waals surface area contributed by atoms with Gasteiger partial charge in [0.25, 0.3) is 11.4 Å². The first-order valence-electron chi connectivity index (χ1n) is 9.94. The highest BCUT2D eigenvalue weighted by molar-refractivity contribution is 9.11. The molecule has 0 N–H and O–H groups in total. The van der Waals surface area contributed by atoms with E-state index in [0.29, 0.717) is 20.3 Å². The van der Waals surface area contributed by atoms with E-state index in [-0.39, 0.29) is 40.2 Å². The van der Waals surface area contributed by atoms with Gasteiger partial charge in [0.2, 0.25) is 5.90 Å². The fourth-order valence-corrected chi connectivity index (χ4v) is 4.79. The third-order valence-electron chi connectivity index (χ3n) is 4.87. The van der Waals surface area contributed by atoms with Crippen LogP contribution in [0.2, 0.25) is 5.02 Å². The Morgan fingerprint density at radius 3 is 2.19 bits per heavy atom. The second kappa shape index (κ2) is 10.6. The van der Waals surface area contributed by atoms with Crippen molar-refractivity contribution in [1.29, 1.82) is 0 Å². The van der Waals surface area contributed by atoms with Crippen LogP contribution in [0.1, 0.15) is 16.7 Å². The van der Waals surface area contributed by atoms with E-state index in [4.69, 9.17) is 21.1 Å². The minimum Gasteiger partial charge on any atom is -0.487 e. The Labute approximate surface area is 224 Å². The van der Waals surface area contributed by atoms with Gasteiger partial charge in [0, 0.05) is 24.3 Å². The number of carbonyl (C=O) groups excluding carboxylic acids is 1. The summed E-state index contributed by atoms with van der Waals surface area (Å²) in [5.74, 6) is -0.392. The summed E-state index contributed by atoms with van der Waals surface area (Å²) in [4.78, 5) is 37.3. The van der Waals surface area contributed by atoms with Crippen LogP contribution in [-0.2, 0) is 16.1 Å². The van der Waals surface area contributed by atoms with E-state index in [9.17, 15) is 25.0 Å². The molecule has 0 bridgehead atoms. The van der Waals surface area contributed by atoms with Gasteiger partial charge in [-0.2, -0.15) is 0 Å². The zero-order valence-corrected chi connectivity index (χ0v) is 21.7. The van der Waals surface area contributed by atoms with Crippen molar-refractivity contribution in [3.8, 4) is 5.75 Å². The van der Waals surface area contributed by atoms with Gasteiger partial charge in [-0.25, -0.2) is 9.79 Å². The summed E-state index contributed by atoms with van der Waals surface area (Å²) in [6.07, 6.45) is 1.48. The van der Waals surface area contributed by atoms with Gasteiger partial charge in [-0.3, -0.25) is 20.2 Å². The molecule has 0 aliphatic carbocycles. The zero-order chi connectivity index (χ0) is 26.0. The number of nitro benzene ring substituents is 2. The maximum absolute atomic E-state index is 12.4. The summed E-state index contributed by atoms with van der Waals surface area (Å²) >= 11 is 13.0. The minimum absolute atomic E-state index is 0.0116. The number of halogens is 3. The Bertz CT molecular complexity index is 1450. The lowest BCUT2D eigenvalue weighted by Gasteiger charge is -2.11. The average Bonchev–Trinajstić information content (AvgIpc) is 3.18. The maximum atomic E-state index is 12.4. The summed E-state index contributed by atoms with van der Waals surface area (Å²) in [6.45, 7) is 0.166. The van der Waals surface area contributed by atoms with E-state index in [1.807, 2.05) is 0 Å². The quantitative estimate of drug-likeness (QED) is 0.123. The van der Waals surface area contributed by atoms with Gasteiger partial charge in [0.05, 0.1) is 29.4 Å². The fourth-order valence-electron chi connectivity index (χ4n) is 3.14. The molecule has 0 spiro atoms. The van der Waals surface area contributed by atoms with Gasteiger partial charge in [-0.1, -0.05) is 11.6 Å². The molecule has 0 fully saturated rings. The SMILES string of the molecule is O=C1OC(c2cc([N+](=O)[O-])ccc2Cl)=N/C1=C\c1cc(Br)c(OCc2ccc([N+](=O)[O-])cc2)c(Br)c1. The predicted molar refractivity (Wildman–Crippen MR) is 138 cm³/mol. The first-order chi connectivity index (χ1) is 17.1. The van der Waals surface area contributed by atoms with Gasteiger partial charge in [-0.05, 0) is 79.4 Å². The first-order valence-corrected chi connectivity index (χ1v) is 11.9. The third-order valence-corrected chi connectivity index (χ3v) is 6.37. The number of aliphatic imine (C=N–C) groups is 1. The van der Waals surface area contributed by atoms with Gasteiger partial charge in [-0.15, -0.1) is 0 Å². The molecule has 3 aromatic carbocycles. The number of cyclic esters (lactones) is 1. The summed E-state index contributed by atoms with van der Waals surface area (Å²) in [5.41, 5.74) is 1.19. The Morgan fingerprint density at radius 1 is 0.972 bits per heavy atom. The standard InChI is InChI=1S/C23H12Br2ClN3O7/c24-17-7-13(8-18(25)21(17)35-11-12-1-3-14(4-2-12)28(31)32)9-20-23(30)36-22(27-20)16-10-15(29(33)34)5-6-19(16)26/h1-10H,11H2/b20-9-. The largest absolute Gasteiger partial charge is 0.487 e. The second-order valence-corrected chi connectivity index (χ2v) is 9.40. The number of benzene rings is 3. The molecule has 1 heterocycles. The highest BCUT2D eigenvalue weighted by Gasteiger charge is 2.27. The van der Waals surface area contributed by atoms with Crippen LogP contribution in [-0.4, -0.2) is 21.7 Å². The maximum Gasteiger partial charge on any atom is 0.363 e. The van der Waals surface area contributed by atoms with Crippen molar-refractivity contribution in [3.05, 3.63) is 111 Å². The van der Waals surface area contributed by atoms with E-state index < -0.39 is 15.8 Å². The third kappa shape index (κ3) is 5.61. The lowest BCUT2D eigenvalue weighted by molar-refractivity contribution is -0.385. The summed E-state index contributed by atoms with van der Waals surface area (Å²) in [7, 11) is 0. The Morgan fingerprint density at radius 2 is 1.58 bits per heavy atom. The van der Waals surface area contributed by atoms with Crippen LogP contribution < -0.4 is 4.74 Å². The zero-order valence-electron chi connectivity index (χ0n) is 17.8. The molecule has 36 heavy (non-hydrogen) atoms. The monoisotopic (exact) mass is 635 g/mol. The van der Waals surface area contributed by atoms with Crippen molar-refractivity contribution < 1.29 is 24.1 Å². The van der Waals surface area contributed by atoms with E-state index in [0.717, 1.165) is 5.56 Å². The molecule has 1 aliphatic rings. The van der Waals surface area contributed by atoms with E-state index in [1.54, 1.807) is 24.3 Å². The van der Waals surface area contributed by atoms with Crippen molar-refractivity contribution in [2.24, 2.45) is 4.99 Å². The molecule has 0 unspecified atom stereocenters. The first kappa shape index (κ1) is 25.5. The highest BCUT2D eigenvalue weighted by Crippen LogP contribution is 2.36. The van der Waals surface area contributed by atoms with E-state index >= 15 is 0 Å². The number of ether oxygens (including phenoxy) is 2. The van der Waals surface area contributed by atoms with Crippen LogP contribution >= 0.6 is 43.5 Å². The predicted octanol–water partition coefficient (Wildman–Crippen LogP) is 6.60. The van der Waals surface area contributed by atoms with Crippen LogP contribution in [0.25, 0.3) is 6.08 Å². The number of esters is 1. The molecule has 0 amide bonds. The molecule has 0 atom stereocenters. The van der Waals surface area contributed by atoms with Gasteiger partial charge >= 0.3 is 5.97 Å². The van der Waals surface area contributed by atoms with Crippen molar-refractivity contribution >= 4 is 72.8 Å². The molecular formula is C23H12Br2ClN3O7. The lowest BCUT2D eigenvalue weighted by atomic mass is 10.2. The van der Waals surface area contributed by atoms with Gasteiger partial charge < -0.3 is 9.47 Å². The molecule has 0 aromatic heterocycles. The molecule has 10 nitrogen and oxygen atoms in total. The van der Waals surface area contributed by atoms with Crippen molar-refractivity contribution in [1.82, 2.24) is 0 Å². The smallest absolute Gasteiger partial charge is 0.363 e. The number of nitro groups is 2. The normalized spacial score (nSPS) is 13.9. The molecule has 0 radical (unpaired) electrons. The van der Waals surface area contributed by atoms with Gasteiger partial charge in [0.15, 0.2) is 5.70 Å². The number of hydrogen-bond donors (Lipinski definition) is 0. The Hall–Kier alpha value is -3.61. The van der Waals surface area contributed by atoms with Crippen molar-refractivity contribution in [2.45, 2.75) is 6.61 Å². The highest BCUT2D eigenvalue weighted by atomic mass is 79.9. The molecule has 0 saturated carbocycles. The van der Waals surface area contributed by atoms with Crippen LogP contribution in [0.4, 0.5) is 11.4 Å². The topological polar surface area (TPSA) is 134 Å². The van der Waals surface area contributed by atoms with Crippen LogP contribution in [0.3, 0.4) is 0 Å². The van der Waals surface area contributed by atoms with Crippen molar-refractivity contribution in [3.63, 3.8) is 0 Å². The van der Waals surface area contributed by atoms with Crippen LogP contribution in [0, 0.1) is 20.2 Å². The minimum atomic E-state index is -0.738. The second-order valence-electron chi connectivity index (χ2n) is 7.28. The number of nitrogens with zero attached hydrogens (tertiary/aromatic N) is 3. The average molecular weight is 638 g/mol. The summed E-state index contributed by atoms with van der Waals surface area (Å²) in [6, 6.07) is 13.1. The van der Waals surface area contributed by atoms with Gasteiger partial charge in [0.1, 0.15) is 12.4 Å². The fraction of sp³-hybridized carbons (Fsp3) is 0.0435. The van der Waals surface area contributed by atoms with Crippen LogP contribution in [0.5, 0.6) is 5.75 Å². The summed E-state index contributed by atoms with van der Waals surface area (Å²) < 4.78 is 12.2. The Kier molecular flexibility index (Phi) is 7.48. The summed E-state index contributed by atoms with van der Waals surface area (Å²) in [5, 5.41) is 22.0. The molecule has 0 saturated heterocycles. The van der Waals surface area contributed by atoms with Crippen LogP contribution in [0.15, 0.2) is 74.2 Å². The number of hydrogen-bond acceptors (Lipinski definition) is 8.